The normalized spacial score (nSPS) is 28.5. The molecule has 3 aliphatic rings. The van der Waals surface area contributed by atoms with Crippen molar-refractivity contribution >= 4 is 23.6 Å². The Balaban J connectivity index is 1.54. The van der Waals surface area contributed by atoms with E-state index in [-0.39, 0.29) is 36.1 Å². The number of hydrogen-bond acceptors (Lipinski definition) is 7. The number of nitrogens with one attached hydrogen (secondary N) is 1. The van der Waals surface area contributed by atoms with Crippen LogP contribution in [0, 0.1) is 0 Å². The quantitative estimate of drug-likeness (QED) is 0.564. The van der Waals surface area contributed by atoms with Crippen LogP contribution in [0.3, 0.4) is 0 Å². The second kappa shape index (κ2) is 7.08. The lowest BCUT2D eigenvalue weighted by Gasteiger charge is -2.34. The fraction of sp³-hybridized carbons (Fsp3) is 0.474. The minimum absolute atomic E-state index is 0.0180. The lowest BCUT2D eigenvalue weighted by Crippen LogP contribution is -2.54. The molecule has 28 heavy (non-hydrogen) atoms. The van der Waals surface area contributed by atoms with Crippen molar-refractivity contribution in [1.29, 1.82) is 0 Å². The van der Waals surface area contributed by atoms with Crippen molar-refractivity contribution in [2.45, 2.75) is 43.9 Å². The van der Waals surface area contributed by atoms with Crippen molar-refractivity contribution in [2.75, 3.05) is 13.1 Å². The molecule has 5 N–H and O–H groups in total. The van der Waals surface area contributed by atoms with Gasteiger partial charge in [-0.3, -0.25) is 34.3 Å². The van der Waals surface area contributed by atoms with Gasteiger partial charge >= 0.3 is 0 Å². The molecule has 3 heterocycles. The van der Waals surface area contributed by atoms with Crippen LogP contribution in [0.5, 0.6) is 0 Å². The summed E-state index contributed by atoms with van der Waals surface area (Å²) in [5.41, 5.74) is 13.5. The van der Waals surface area contributed by atoms with Crippen LogP contribution < -0.4 is 16.8 Å². The van der Waals surface area contributed by atoms with Crippen LogP contribution in [0.25, 0.3) is 0 Å². The molecular formula is C19H23N5O4. The number of carbonyl (C=O) groups is 4. The second-order valence-corrected chi connectivity index (χ2v) is 7.78. The molecule has 148 valence electrons. The summed E-state index contributed by atoms with van der Waals surface area (Å²) in [5.74, 6) is -1.99. The fourth-order valence-corrected chi connectivity index (χ4v) is 4.28. The van der Waals surface area contributed by atoms with Crippen LogP contribution in [-0.4, -0.2) is 64.6 Å². The van der Waals surface area contributed by atoms with Crippen molar-refractivity contribution < 1.29 is 19.2 Å². The largest absolute Gasteiger partial charge is 0.326 e. The first-order valence-electron chi connectivity index (χ1n) is 9.41. The Kier molecular flexibility index (Phi) is 4.74. The zero-order valence-corrected chi connectivity index (χ0v) is 15.4. The molecule has 3 aliphatic heterocycles. The minimum Gasteiger partial charge on any atom is -0.326 e. The topological polar surface area (TPSA) is 139 Å². The Morgan fingerprint density at radius 2 is 1.68 bits per heavy atom. The summed E-state index contributed by atoms with van der Waals surface area (Å²) in [6.07, 6.45) is 1.03. The molecule has 0 spiro atoms. The van der Waals surface area contributed by atoms with Crippen LogP contribution in [0.1, 0.15) is 45.5 Å². The predicted molar refractivity (Wildman–Crippen MR) is 99.0 cm³/mol. The fourth-order valence-electron chi connectivity index (χ4n) is 4.28. The van der Waals surface area contributed by atoms with E-state index in [9.17, 15) is 19.2 Å². The maximum Gasteiger partial charge on any atom is 0.262 e. The monoisotopic (exact) mass is 385 g/mol. The lowest BCUT2D eigenvalue weighted by atomic mass is 10.0. The van der Waals surface area contributed by atoms with E-state index in [0.29, 0.717) is 6.54 Å². The number of benzene rings is 1. The molecular weight excluding hydrogens is 362 g/mol. The molecule has 1 aromatic rings. The Labute approximate surface area is 162 Å². The van der Waals surface area contributed by atoms with Crippen molar-refractivity contribution in [3.63, 3.8) is 0 Å². The van der Waals surface area contributed by atoms with Crippen LogP contribution >= 0.6 is 0 Å². The first kappa shape index (κ1) is 18.7. The highest BCUT2D eigenvalue weighted by Crippen LogP contribution is 2.28. The van der Waals surface area contributed by atoms with E-state index in [1.807, 2.05) is 6.07 Å². The molecule has 0 radical (unpaired) electrons. The molecule has 1 aromatic carbocycles. The number of fused-ring (bicyclic) bond motifs is 1. The maximum absolute atomic E-state index is 12.9. The van der Waals surface area contributed by atoms with Gasteiger partial charge < -0.3 is 11.5 Å². The van der Waals surface area contributed by atoms with Crippen LogP contribution in [0.2, 0.25) is 0 Å². The highest BCUT2D eigenvalue weighted by Gasteiger charge is 2.44. The first-order valence-corrected chi connectivity index (χ1v) is 9.41. The molecule has 4 rings (SSSR count). The number of amides is 4. The van der Waals surface area contributed by atoms with Crippen molar-refractivity contribution in [1.82, 2.24) is 15.1 Å². The predicted octanol–water partition coefficient (Wildman–Crippen LogP) is -1.05. The van der Waals surface area contributed by atoms with Gasteiger partial charge in [-0.1, -0.05) is 6.07 Å². The third kappa shape index (κ3) is 3.32. The van der Waals surface area contributed by atoms with E-state index < -0.39 is 29.7 Å². The number of likely N-dealkylation sites (tertiary alicyclic amines) is 1. The van der Waals surface area contributed by atoms with Gasteiger partial charge in [-0.05, 0) is 30.5 Å². The Bertz CT molecular complexity index is 860. The summed E-state index contributed by atoms with van der Waals surface area (Å²) in [5, 5.41) is 2.19. The summed E-state index contributed by atoms with van der Waals surface area (Å²) >= 11 is 0. The summed E-state index contributed by atoms with van der Waals surface area (Å²) in [6.45, 7) is 2.02. The molecule has 3 atom stereocenters. The van der Waals surface area contributed by atoms with Gasteiger partial charge in [-0.2, -0.15) is 0 Å². The number of imide groups is 2. The van der Waals surface area contributed by atoms with Crippen LogP contribution in [-0.2, 0) is 16.1 Å². The van der Waals surface area contributed by atoms with Crippen molar-refractivity contribution in [3.05, 3.63) is 34.9 Å². The number of piperidine rings is 2. The number of nitrogens with zero attached hydrogens (tertiary/aromatic N) is 2. The van der Waals surface area contributed by atoms with E-state index in [0.717, 1.165) is 30.0 Å². The molecule has 1 unspecified atom stereocenters. The summed E-state index contributed by atoms with van der Waals surface area (Å²) in [7, 11) is 0. The molecule has 2 saturated heterocycles. The van der Waals surface area contributed by atoms with Gasteiger partial charge in [-0.15, -0.1) is 0 Å². The average molecular weight is 385 g/mol. The van der Waals surface area contributed by atoms with E-state index in [2.05, 4.69) is 10.2 Å². The van der Waals surface area contributed by atoms with Crippen LogP contribution in [0.15, 0.2) is 18.2 Å². The molecule has 0 aliphatic carbocycles. The van der Waals surface area contributed by atoms with Gasteiger partial charge in [0.25, 0.3) is 11.8 Å². The second-order valence-electron chi connectivity index (χ2n) is 7.78. The van der Waals surface area contributed by atoms with Gasteiger partial charge in [0.05, 0.1) is 11.1 Å². The number of carbonyl (C=O) groups excluding carboxylic acids is 4. The zero-order valence-electron chi connectivity index (χ0n) is 15.4. The van der Waals surface area contributed by atoms with Gasteiger partial charge in [-0.25, -0.2) is 0 Å². The molecule has 0 aromatic heterocycles. The number of nitrogens with two attached hydrogens (primary N) is 2. The van der Waals surface area contributed by atoms with E-state index in [4.69, 9.17) is 11.5 Å². The SMILES string of the molecule is N[C@H]1C[C@H](N)CN(Cc2ccc3c(c2)C(=O)N(C2CCC(=O)NC2=O)C3=O)C1. The summed E-state index contributed by atoms with van der Waals surface area (Å²) < 4.78 is 0. The molecule has 0 bridgehead atoms. The Morgan fingerprint density at radius 3 is 2.36 bits per heavy atom. The van der Waals surface area contributed by atoms with Gasteiger partial charge in [0.2, 0.25) is 11.8 Å². The average Bonchev–Trinajstić information content (AvgIpc) is 2.85. The molecule has 9 heteroatoms. The smallest absolute Gasteiger partial charge is 0.262 e. The van der Waals surface area contributed by atoms with Crippen LogP contribution in [0.4, 0.5) is 0 Å². The molecule has 4 amide bonds. The van der Waals surface area contributed by atoms with Gasteiger partial charge in [0.15, 0.2) is 0 Å². The standard InChI is InChI=1S/C19H23N5O4/c20-11-6-12(21)9-23(8-11)7-10-1-2-13-14(5-10)19(28)24(18(13)27)15-3-4-16(25)22-17(15)26/h1-2,5,11-12,15H,3-4,6-9,20-21H2,(H,22,25,26)/t11-,12-,15?/m0/s1. The van der Waals surface area contributed by atoms with E-state index in [1.165, 1.54) is 0 Å². The van der Waals surface area contributed by atoms with Gasteiger partial charge in [0.1, 0.15) is 6.04 Å². The highest BCUT2D eigenvalue weighted by atomic mass is 16.2. The number of hydrogen-bond donors (Lipinski definition) is 3. The first-order chi connectivity index (χ1) is 13.3. The third-order valence-electron chi connectivity index (χ3n) is 5.50. The van der Waals surface area contributed by atoms with E-state index >= 15 is 0 Å². The number of rotatable bonds is 3. The summed E-state index contributed by atoms with van der Waals surface area (Å²) in [4.78, 5) is 52.2. The maximum atomic E-state index is 12.9. The molecule has 0 saturated carbocycles. The highest BCUT2D eigenvalue weighted by molar-refractivity contribution is 6.23. The zero-order chi connectivity index (χ0) is 20.0. The van der Waals surface area contributed by atoms with Gasteiger partial charge in [0, 0.05) is 38.1 Å². The van der Waals surface area contributed by atoms with E-state index in [1.54, 1.807) is 12.1 Å². The Morgan fingerprint density at radius 1 is 1.00 bits per heavy atom. The third-order valence-corrected chi connectivity index (χ3v) is 5.50. The lowest BCUT2D eigenvalue weighted by molar-refractivity contribution is -0.136. The van der Waals surface area contributed by atoms with Crippen molar-refractivity contribution in [2.24, 2.45) is 11.5 Å². The Hall–Kier alpha value is -2.62. The summed E-state index contributed by atoms with van der Waals surface area (Å²) in [6, 6.07) is 4.22. The molecule has 2 fully saturated rings. The van der Waals surface area contributed by atoms with Crippen molar-refractivity contribution in [3.8, 4) is 0 Å². The molecule has 9 nitrogen and oxygen atoms in total. The minimum atomic E-state index is -0.952.